The molecular formula is C20H20N4O3. The van der Waals surface area contributed by atoms with Crippen molar-refractivity contribution in [2.24, 2.45) is 0 Å². The first-order valence-electron chi connectivity index (χ1n) is 8.96. The van der Waals surface area contributed by atoms with E-state index < -0.39 is 0 Å². The summed E-state index contributed by atoms with van der Waals surface area (Å²) < 4.78 is 11.6. The summed E-state index contributed by atoms with van der Waals surface area (Å²) in [5.41, 5.74) is 0.795. The van der Waals surface area contributed by atoms with Gasteiger partial charge in [-0.2, -0.15) is 0 Å². The van der Waals surface area contributed by atoms with Gasteiger partial charge < -0.3 is 14.4 Å². The Morgan fingerprint density at radius 2 is 1.96 bits per heavy atom. The number of carbonyl (C=O) groups is 1. The Labute approximate surface area is 157 Å². The van der Waals surface area contributed by atoms with E-state index in [-0.39, 0.29) is 18.6 Å². The molecule has 1 fully saturated rings. The van der Waals surface area contributed by atoms with Crippen molar-refractivity contribution in [1.82, 2.24) is 19.9 Å². The average molecular weight is 364 g/mol. The van der Waals surface area contributed by atoms with Crippen LogP contribution in [0.1, 0.15) is 12.8 Å². The van der Waals surface area contributed by atoms with Crippen molar-refractivity contribution >= 4 is 16.8 Å². The number of fused-ring (bicyclic) bond motifs is 1. The largest absolute Gasteiger partial charge is 0.489 e. The quantitative estimate of drug-likeness (QED) is 0.692. The lowest BCUT2D eigenvalue weighted by Gasteiger charge is -2.32. The molecule has 0 radical (unpaired) electrons. The number of rotatable bonds is 5. The number of ether oxygens (including phenoxy) is 2. The Hall–Kier alpha value is -3.22. The number of amides is 1. The monoisotopic (exact) mass is 364 g/mol. The third-order valence-electron chi connectivity index (χ3n) is 4.57. The van der Waals surface area contributed by atoms with E-state index in [4.69, 9.17) is 9.47 Å². The molecule has 7 heteroatoms. The molecule has 4 rings (SSSR count). The predicted octanol–water partition coefficient (Wildman–Crippen LogP) is 2.47. The molecular weight excluding hydrogens is 344 g/mol. The summed E-state index contributed by atoms with van der Waals surface area (Å²) in [4.78, 5) is 26.7. The number of hydrogen-bond donors (Lipinski definition) is 0. The third kappa shape index (κ3) is 4.13. The molecule has 0 bridgehead atoms. The summed E-state index contributed by atoms with van der Waals surface area (Å²) in [5.74, 6) is 1.16. The number of para-hydroxylation sites is 1. The number of likely N-dealkylation sites (tertiary alicyclic amines) is 1. The standard InChI is InChI=1S/C20H20N4O3/c25-19(13-26-20-17-5-1-2-6-18(17)22-14-23-20)24-10-7-15(8-11-24)27-16-4-3-9-21-12-16/h1-6,9,12,14-15H,7-8,10-11,13H2. The molecule has 7 nitrogen and oxygen atoms in total. The summed E-state index contributed by atoms with van der Waals surface area (Å²) in [7, 11) is 0. The molecule has 3 heterocycles. The minimum Gasteiger partial charge on any atom is -0.489 e. The van der Waals surface area contributed by atoms with E-state index in [1.165, 1.54) is 6.33 Å². The summed E-state index contributed by atoms with van der Waals surface area (Å²) in [6.07, 6.45) is 6.55. The van der Waals surface area contributed by atoms with Crippen molar-refractivity contribution in [3.05, 3.63) is 55.1 Å². The van der Waals surface area contributed by atoms with Gasteiger partial charge in [0.2, 0.25) is 5.88 Å². The topological polar surface area (TPSA) is 77.4 Å². The fraction of sp³-hybridized carbons (Fsp3) is 0.300. The second-order valence-corrected chi connectivity index (χ2v) is 6.37. The molecule has 1 amide bonds. The van der Waals surface area contributed by atoms with Crippen molar-refractivity contribution in [1.29, 1.82) is 0 Å². The number of hydrogen-bond acceptors (Lipinski definition) is 6. The van der Waals surface area contributed by atoms with Gasteiger partial charge in [0.25, 0.3) is 5.91 Å². The molecule has 2 aromatic heterocycles. The van der Waals surface area contributed by atoms with Gasteiger partial charge in [-0.25, -0.2) is 9.97 Å². The Bertz CT molecular complexity index is 906. The molecule has 3 aromatic rings. The lowest BCUT2D eigenvalue weighted by atomic mass is 10.1. The number of nitrogens with zero attached hydrogens (tertiary/aromatic N) is 4. The maximum absolute atomic E-state index is 12.5. The van der Waals surface area contributed by atoms with Crippen LogP contribution in [0.2, 0.25) is 0 Å². The van der Waals surface area contributed by atoms with Gasteiger partial charge in [-0.1, -0.05) is 12.1 Å². The van der Waals surface area contributed by atoms with Crippen LogP contribution in [0.15, 0.2) is 55.1 Å². The second-order valence-electron chi connectivity index (χ2n) is 6.37. The molecule has 1 aliphatic heterocycles. The normalized spacial score (nSPS) is 14.9. The first kappa shape index (κ1) is 17.2. The van der Waals surface area contributed by atoms with Crippen LogP contribution in [0, 0.1) is 0 Å². The van der Waals surface area contributed by atoms with Gasteiger partial charge in [0.15, 0.2) is 6.61 Å². The van der Waals surface area contributed by atoms with Crippen LogP contribution in [0.5, 0.6) is 11.6 Å². The van der Waals surface area contributed by atoms with E-state index in [1.807, 2.05) is 41.3 Å². The van der Waals surface area contributed by atoms with Crippen LogP contribution >= 0.6 is 0 Å². The van der Waals surface area contributed by atoms with Gasteiger partial charge in [0.05, 0.1) is 17.1 Å². The molecule has 1 saturated heterocycles. The van der Waals surface area contributed by atoms with Crippen molar-refractivity contribution < 1.29 is 14.3 Å². The van der Waals surface area contributed by atoms with Crippen molar-refractivity contribution in [2.75, 3.05) is 19.7 Å². The molecule has 0 atom stereocenters. The Morgan fingerprint density at radius 1 is 1.11 bits per heavy atom. The minimum atomic E-state index is -0.0440. The minimum absolute atomic E-state index is 0.0326. The highest BCUT2D eigenvalue weighted by atomic mass is 16.5. The molecule has 0 aliphatic carbocycles. The summed E-state index contributed by atoms with van der Waals surface area (Å²) in [6.45, 7) is 1.27. The van der Waals surface area contributed by atoms with Gasteiger partial charge in [-0.3, -0.25) is 9.78 Å². The second kappa shape index (κ2) is 7.99. The van der Waals surface area contributed by atoms with Crippen LogP contribution in [0.25, 0.3) is 10.9 Å². The summed E-state index contributed by atoms with van der Waals surface area (Å²) in [5, 5.41) is 0.802. The van der Waals surface area contributed by atoms with Crippen LogP contribution in [0.4, 0.5) is 0 Å². The summed E-state index contributed by atoms with van der Waals surface area (Å²) >= 11 is 0. The fourth-order valence-electron chi connectivity index (χ4n) is 3.15. The van der Waals surface area contributed by atoms with E-state index in [1.54, 1.807) is 12.4 Å². The molecule has 0 unspecified atom stereocenters. The van der Waals surface area contributed by atoms with Crippen molar-refractivity contribution in [3.63, 3.8) is 0 Å². The lowest BCUT2D eigenvalue weighted by molar-refractivity contribution is -0.135. The van der Waals surface area contributed by atoms with Crippen LogP contribution < -0.4 is 9.47 Å². The zero-order valence-corrected chi connectivity index (χ0v) is 14.8. The highest BCUT2D eigenvalue weighted by Crippen LogP contribution is 2.21. The van der Waals surface area contributed by atoms with Gasteiger partial charge in [0, 0.05) is 32.1 Å². The Morgan fingerprint density at radius 3 is 2.78 bits per heavy atom. The summed E-state index contributed by atoms with van der Waals surface area (Å²) in [6, 6.07) is 11.3. The van der Waals surface area contributed by atoms with Crippen LogP contribution in [-0.2, 0) is 4.79 Å². The average Bonchev–Trinajstić information content (AvgIpc) is 2.73. The molecule has 138 valence electrons. The van der Waals surface area contributed by atoms with Gasteiger partial charge in [0.1, 0.15) is 18.2 Å². The SMILES string of the molecule is O=C(COc1ncnc2ccccc12)N1CCC(Oc2cccnc2)CC1. The molecule has 0 saturated carbocycles. The third-order valence-corrected chi connectivity index (χ3v) is 4.57. The Balaban J connectivity index is 1.29. The maximum atomic E-state index is 12.5. The van der Waals surface area contributed by atoms with Crippen LogP contribution in [-0.4, -0.2) is 51.6 Å². The van der Waals surface area contributed by atoms with E-state index >= 15 is 0 Å². The van der Waals surface area contributed by atoms with Gasteiger partial charge >= 0.3 is 0 Å². The molecule has 0 N–H and O–H groups in total. The fourth-order valence-corrected chi connectivity index (χ4v) is 3.15. The van der Waals surface area contributed by atoms with E-state index in [0.717, 1.165) is 29.5 Å². The number of carbonyl (C=O) groups excluding carboxylic acids is 1. The van der Waals surface area contributed by atoms with Gasteiger partial charge in [-0.05, 0) is 24.3 Å². The first-order chi connectivity index (χ1) is 13.3. The lowest BCUT2D eigenvalue weighted by Crippen LogP contribution is -2.43. The van der Waals surface area contributed by atoms with E-state index in [2.05, 4.69) is 15.0 Å². The van der Waals surface area contributed by atoms with Crippen LogP contribution in [0.3, 0.4) is 0 Å². The molecule has 0 spiro atoms. The number of piperidine rings is 1. The zero-order valence-electron chi connectivity index (χ0n) is 14.8. The highest BCUT2D eigenvalue weighted by molar-refractivity contribution is 5.84. The van der Waals surface area contributed by atoms with Crippen molar-refractivity contribution in [2.45, 2.75) is 18.9 Å². The molecule has 27 heavy (non-hydrogen) atoms. The number of benzene rings is 1. The first-order valence-corrected chi connectivity index (χ1v) is 8.96. The van der Waals surface area contributed by atoms with Crippen molar-refractivity contribution in [3.8, 4) is 11.6 Å². The number of aromatic nitrogens is 3. The van der Waals surface area contributed by atoms with E-state index in [9.17, 15) is 4.79 Å². The molecule has 1 aromatic carbocycles. The Kier molecular flexibility index (Phi) is 5.09. The molecule has 1 aliphatic rings. The maximum Gasteiger partial charge on any atom is 0.260 e. The van der Waals surface area contributed by atoms with E-state index in [0.29, 0.717) is 19.0 Å². The smallest absolute Gasteiger partial charge is 0.260 e. The highest BCUT2D eigenvalue weighted by Gasteiger charge is 2.24. The van der Waals surface area contributed by atoms with Gasteiger partial charge in [-0.15, -0.1) is 0 Å². The predicted molar refractivity (Wildman–Crippen MR) is 99.5 cm³/mol. The number of pyridine rings is 1. The zero-order chi connectivity index (χ0) is 18.5.